The van der Waals surface area contributed by atoms with E-state index >= 15 is 0 Å². The molecule has 0 amide bonds. The topological polar surface area (TPSA) is 35.4 Å². The van der Waals surface area contributed by atoms with Crippen molar-refractivity contribution in [2.24, 2.45) is 4.99 Å². The van der Waals surface area contributed by atoms with Gasteiger partial charge >= 0.3 is 51.4 Å². The van der Waals surface area contributed by atoms with Crippen molar-refractivity contribution in [1.29, 1.82) is 0 Å². The second-order valence-corrected chi connectivity index (χ2v) is 3.16. The maximum atomic E-state index is 10.9. The Morgan fingerprint density at radius 3 is 2.12 bits per heavy atom. The second kappa shape index (κ2) is 6.99. The van der Waals surface area contributed by atoms with Crippen molar-refractivity contribution in [3.8, 4) is 5.75 Å². The van der Waals surface area contributed by atoms with E-state index in [1.54, 1.807) is 18.3 Å². The molecule has 0 aliphatic rings. The molecule has 2 aromatic rings. The van der Waals surface area contributed by atoms with Crippen LogP contribution in [0.4, 0.5) is 5.69 Å². The average Bonchev–Trinajstić information content (AvgIpc) is 2.30. The van der Waals surface area contributed by atoms with Gasteiger partial charge in [-0.2, -0.15) is 0 Å². The van der Waals surface area contributed by atoms with E-state index in [0.717, 1.165) is 11.3 Å². The molecule has 0 saturated heterocycles. The van der Waals surface area contributed by atoms with E-state index in [4.69, 9.17) is 0 Å². The number of benzene rings is 2. The smallest absolute Gasteiger partial charge is 0.872 e. The fourth-order valence-corrected chi connectivity index (χ4v) is 1.22. The van der Waals surface area contributed by atoms with Gasteiger partial charge in [0.15, 0.2) is 0 Å². The first-order chi connectivity index (χ1) is 7.34. The number of aliphatic imine (C=N–C) groups is 1. The van der Waals surface area contributed by atoms with Gasteiger partial charge in [-0.15, -0.1) is 5.75 Å². The summed E-state index contributed by atoms with van der Waals surface area (Å²) in [6.45, 7) is 0. The van der Waals surface area contributed by atoms with Crippen LogP contribution in [0.5, 0.6) is 5.75 Å². The van der Waals surface area contributed by atoms with Gasteiger partial charge in [0.25, 0.3) is 0 Å². The molecular formula is C13H10KNO. The van der Waals surface area contributed by atoms with Gasteiger partial charge in [0.1, 0.15) is 0 Å². The number of hydrogen-bond acceptors (Lipinski definition) is 2. The van der Waals surface area contributed by atoms with E-state index in [1.807, 2.05) is 30.3 Å². The Labute approximate surface area is 137 Å². The van der Waals surface area contributed by atoms with E-state index in [0.29, 0.717) is 0 Å². The zero-order valence-electron chi connectivity index (χ0n) is 9.13. The molecule has 0 aliphatic carbocycles. The van der Waals surface area contributed by atoms with Crippen LogP contribution >= 0.6 is 0 Å². The monoisotopic (exact) mass is 235 g/mol. The molecule has 0 radical (unpaired) electrons. The van der Waals surface area contributed by atoms with Crippen LogP contribution in [0.25, 0.3) is 0 Å². The molecule has 0 spiro atoms. The van der Waals surface area contributed by atoms with Crippen LogP contribution < -0.4 is 56.5 Å². The molecule has 16 heavy (non-hydrogen) atoms. The van der Waals surface area contributed by atoms with Crippen LogP contribution in [0.3, 0.4) is 0 Å². The number of rotatable bonds is 2. The summed E-state index contributed by atoms with van der Waals surface area (Å²) in [6.07, 6.45) is 1.74. The standard InChI is InChI=1S/C13H11NO.K/c15-13-8-6-11(7-9-13)10-14-12-4-2-1-3-5-12;/h1-10,15H;/q;+1/p-1. The Morgan fingerprint density at radius 1 is 0.875 bits per heavy atom. The van der Waals surface area contributed by atoms with Crippen molar-refractivity contribution < 1.29 is 56.5 Å². The second-order valence-electron chi connectivity index (χ2n) is 3.16. The van der Waals surface area contributed by atoms with E-state index in [9.17, 15) is 5.11 Å². The van der Waals surface area contributed by atoms with Crippen LogP contribution in [0.1, 0.15) is 5.56 Å². The molecule has 0 aliphatic heterocycles. The predicted octanol–water partition coefficient (Wildman–Crippen LogP) is -0.485. The molecule has 0 unspecified atom stereocenters. The summed E-state index contributed by atoms with van der Waals surface area (Å²) in [5.41, 5.74) is 1.84. The van der Waals surface area contributed by atoms with Gasteiger partial charge in [0.05, 0.1) is 5.69 Å². The summed E-state index contributed by atoms with van der Waals surface area (Å²) in [6, 6.07) is 16.3. The Bertz CT molecular complexity index is 451. The van der Waals surface area contributed by atoms with Gasteiger partial charge in [-0.25, -0.2) is 0 Å². The minimum atomic E-state index is 0. The summed E-state index contributed by atoms with van der Waals surface area (Å²) >= 11 is 0. The largest absolute Gasteiger partial charge is 1.00 e. The first-order valence-corrected chi connectivity index (χ1v) is 4.71. The first kappa shape index (κ1) is 13.6. The molecule has 0 fully saturated rings. The minimum Gasteiger partial charge on any atom is -0.872 e. The summed E-state index contributed by atoms with van der Waals surface area (Å²) < 4.78 is 0. The van der Waals surface area contributed by atoms with Gasteiger partial charge in [-0.05, 0) is 17.7 Å². The van der Waals surface area contributed by atoms with Crippen molar-refractivity contribution in [3.63, 3.8) is 0 Å². The maximum Gasteiger partial charge on any atom is 1.00 e. The molecule has 2 nitrogen and oxygen atoms in total. The van der Waals surface area contributed by atoms with Crippen LogP contribution in [-0.2, 0) is 0 Å². The maximum absolute atomic E-state index is 10.9. The van der Waals surface area contributed by atoms with Gasteiger partial charge in [0.2, 0.25) is 0 Å². The molecule has 3 heteroatoms. The fraction of sp³-hybridized carbons (Fsp3) is 0. The van der Waals surface area contributed by atoms with Crippen LogP contribution in [-0.4, -0.2) is 6.21 Å². The Balaban J connectivity index is 0.00000128. The molecule has 0 saturated carbocycles. The van der Waals surface area contributed by atoms with E-state index < -0.39 is 0 Å². The predicted molar refractivity (Wildman–Crippen MR) is 59.6 cm³/mol. The summed E-state index contributed by atoms with van der Waals surface area (Å²) in [7, 11) is 0. The van der Waals surface area contributed by atoms with Gasteiger partial charge in [0, 0.05) is 6.21 Å². The van der Waals surface area contributed by atoms with E-state index in [2.05, 4.69) is 4.99 Å². The molecule has 2 aromatic carbocycles. The van der Waals surface area contributed by atoms with Crippen molar-refractivity contribution in [2.45, 2.75) is 0 Å². The van der Waals surface area contributed by atoms with Gasteiger partial charge < -0.3 is 5.11 Å². The van der Waals surface area contributed by atoms with Gasteiger partial charge in [-0.3, -0.25) is 4.99 Å². The third-order valence-corrected chi connectivity index (χ3v) is 2.00. The molecule has 0 heterocycles. The van der Waals surface area contributed by atoms with Crippen molar-refractivity contribution in [3.05, 3.63) is 60.2 Å². The Hall–Kier alpha value is -0.454. The molecule has 0 atom stereocenters. The van der Waals surface area contributed by atoms with E-state index in [-0.39, 0.29) is 57.1 Å². The molecule has 0 N–H and O–H groups in total. The molecule has 2 rings (SSSR count). The molecule has 74 valence electrons. The van der Waals surface area contributed by atoms with Crippen LogP contribution in [0, 0.1) is 0 Å². The number of nitrogens with zero attached hydrogens (tertiary/aromatic N) is 1. The van der Waals surface area contributed by atoms with Crippen LogP contribution in [0.15, 0.2) is 59.6 Å². The quantitative estimate of drug-likeness (QED) is 0.511. The summed E-state index contributed by atoms with van der Waals surface area (Å²) in [5.74, 6) is 0.0202. The van der Waals surface area contributed by atoms with Gasteiger partial charge in [-0.1, -0.05) is 42.5 Å². The summed E-state index contributed by atoms with van der Waals surface area (Å²) in [5, 5.41) is 10.9. The Morgan fingerprint density at radius 2 is 1.50 bits per heavy atom. The number of hydrogen-bond donors (Lipinski definition) is 0. The first-order valence-electron chi connectivity index (χ1n) is 4.71. The van der Waals surface area contributed by atoms with E-state index in [1.165, 1.54) is 12.1 Å². The minimum absolute atomic E-state index is 0. The van der Waals surface area contributed by atoms with Crippen molar-refractivity contribution in [1.82, 2.24) is 0 Å². The van der Waals surface area contributed by atoms with Crippen molar-refractivity contribution in [2.75, 3.05) is 0 Å². The third-order valence-electron chi connectivity index (χ3n) is 2.00. The molecular weight excluding hydrogens is 225 g/mol. The fourth-order valence-electron chi connectivity index (χ4n) is 1.22. The summed E-state index contributed by atoms with van der Waals surface area (Å²) in [4.78, 5) is 4.28. The SMILES string of the molecule is [K+].[O-]c1ccc(C=Nc2ccccc2)cc1. The van der Waals surface area contributed by atoms with Crippen LogP contribution in [0.2, 0.25) is 0 Å². The normalized spacial score (nSPS) is 10.0. The Kier molecular flexibility index (Phi) is 5.94. The number of para-hydroxylation sites is 1. The zero-order chi connectivity index (χ0) is 10.5. The zero-order valence-corrected chi connectivity index (χ0v) is 12.3. The van der Waals surface area contributed by atoms with Crippen molar-refractivity contribution >= 4 is 11.9 Å². The average molecular weight is 235 g/mol. The third kappa shape index (κ3) is 4.19. The molecule has 0 bridgehead atoms. The molecule has 0 aromatic heterocycles.